The monoisotopic (exact) mass is 301 g/mol. The Hall–Kier alpha value is -1.04. The second-order valence-electron chi connectivity index (χ2n) is 3.17. The molecule has 0 aliphatic carbocycles. The van der Waals surface area contributed by atoms with Crippen LogP contribution in [-0.2, 0) is 0 Å². The van der Waals surface area contributed by atoms with E-state index in [2.05, 4.69) is 27.6 Å². The van der Waals surface area contributed by atoms with Crippen molar-refractivity contribution < 1.29 is 9.90 Å². The first-order valence-electron chi connectivity index (χ1n) is 4.10. The maximum atomic E-state index is 10.8. The van der Waals surface area contributed by atoms with E-state index in [-0.39, 0.29) is 5.69 Å². The molecule has 1 aromatic carbocycles. The van der Waals surface area contributed by atoms with Gasteiger partial charge in [0.15, 0.2) is 0 Å². The molecule has 2 rings (SSSR count). The fraction of sp³-hybridized carbons (Fsp3) is 0.100. The molecule has 0 fully saturated rings. The summed E-state index contributed by atoms with van der Waals surface area (Å²) < 4.78 is 0.772. The molecule has 72 valence electrons. The lowest BCUT2D eigenvalue weighted by Crippen LogP contribution is -1.97. The van der Waals surface area contributed by atoms with Gasteiger partial charge in [0.2, 0.25) is 0 Å². The number of carboxylic acids is 1. The first-order valence-corrected chi connectivity index (χ1v) is 5.18. The van der Waals surface area contributed by atoms with Crippen LogP contribution in [0.5, 0.6) is 0 Å². The number of carbonyl (C=O) groups is 1. The largest absolute Gasteiger partial charge is 0.477 e. The van der Waals surface area contributed by atoms with E-state index in [0.29, 0.717) is 0 Å². The summed E-state index contributed by atoms with van der Waals surface area (Å²) in [6.07, 6.45) is 0. The molecular weight excluding hydrogens is 293 g/mol. The van der Waals surface area contributed by atoms with Crippen LogP contribution in [0.3, 0.4) is 0 Å². The van der Waals surface area contributed by atoms with E-state index in [1.807, 2.05) is 25.1 Å². The first-order chi connectivity index (χ1) is 6.59. The highest BCUT2D eigenvalue weighted by Gasteiger charge is 2.14. The van der Waals surface area contributed by atoms with Crippen LogP contribution in [0.2, 0.25) is 0 Å². The number of benzene rings is 1. The van der Waals surface area contributed by atoms with Crippen LogP contribution in [0, 0.1) is 10.5 Å². The average molecular weight is 301 g/mol. The Morgan fingerprint density at radius 1 is 1.50 bits per heavy atom. The highest BCUT2D eigenvalue weighted by Crippen LogP contribution is 2.24. The van der Waals surface area contributed by atoms with Gasteiger partial charge in [-0.25, -0.2) is 4.79 Å². The van der Waals surface area contributed by atoms with E-state index in [1.165, 1.54) is 0 Å². The third-order valence-electron chi connectivity index (χ3n) is 2.10. The zero-order chi connectivity index (χ0) is 10.3. The summed E-state index contributed by atoms with van der Waals surface area (Å²) in [4.78, 5) is 13.7. The molecule has 3 nitrogen and oxygen atoms in total. The predicted molar refractivity (Wildman–Crippen MR) is 62.7 cm³/mol. The minimum absolute atomic E-state index is 0.270. The number of hydrogen-bond donors (Lipinski definition) is 2. The number of aromatic amines is 1. The summed E-state index contributed by atoms with van der Waals surface area (Å²) >= 11 is 2.05. The van der Waals surface area contributed by atoms with E-state index in [1.54, 1.807) is 0 Å². The second kappa shape index (κ2) is 3.27. The van der Waals surface area contributed by atoms with Crippen molar-refractivity contribution in [3.8, 4) is 0 Å². The zero-order valence-corrected chi connectivity index (χ0v) is 9.62. The van der Waals surface area contributed by atoms with Crippen LogP contribution < -0.4 is 0 Å². The van der Waals surface area contributed by atoms with Gasteiger partial charge in [0.25, 0.3) is 0 Å². The molecule has 0 bridgehead atoms. The van der Waals surface area contributed by atoms with E-state index in [9.17, 15) is 4.79 Å². The smallest absolute Gasteiger partial charge is 0.353 e. The van der Waals surface area contributed by atoms with Crippen LogP contribution in [0.1, 0.15) is 16.1 Å². The van der Waals surface area contributed by atoms with Gasteiger partial charge >= 0.3 is 5.97 Å². The highest BCUT2D eigenvalue weighted by atomic mass is 127. The second-order valence-corrected chi connectivity index (χ2v) is 4.25. The van der Waals surface area contributed by atoms with Crippen molar-refractivity contribution >= 4 is 39.5 Å². The predicted octanol–water partition coefficient (Wildman–Crippen LogP) is 2.78. The number of aryl methyl sites for hydroxylation is 1. The summed E-state index contributed by atoms with van der Waals surface area (Å²) in [6, 6.07) is 5.85. The molecule has 1 aromatic heterocycles. The number of carboxylic acid groups (broad SMARTS) is 1. The molecule has 0 aliphatic heterocycles. The van der Waals surface area contributed by atoms with Gasteiger partial charge in [0.1, 0.15) is 5.69 Å². The van der Waals surface area contributed by atoms with Crippen LogP contribution in [0.25, 0.3) is 10.9 Å². The number of halogens is 1. The summed E-state index contributed by atoms with van der Waals surface area (Å²) in [5.41, 5.74) is 2.27. The average Bonchev–Trinajstić information content (AvgIpc) is 2.44. The SMILES string of the molecule is Cc1ccc2[nH]c(C(=O)O)c(I)c2c1. The van der Waals surface area contributed by atoms with E-state index >= 15 is 0 Å². The Kier molecular flexibility index (Phi) is 2.22. The van der Waals surface area contributed by atoms with E-state index in [0.717, 1.165) is 20.0 Å². The summed E-state index contributed by atoms with van der Waals surface area (Å²) in [6.45, 7) is 1.99. The Morgan fingerprint density at radius 3 is 2.86 bits per heavy atom. The van der Waals surface area contributed by atoms with Crippen LogP contribution >= 0.6 is 22.6 Å². The standard InChI is InChI=1S/C10H8INO2/c1-5-2-3-7-6(4-5)8(11)9(12-7)10(13)14/h2-4,12H,1H3,(H,13,14). The molecule has 0 amide bonds. The number of hydrogen-bond acceptors (Lipinski definition) is 1. The van der Waals surface area contributed by atoms with Gasteiger partial charge in [-0.2, -0.15) is 0 Å². The molecule has 0 aliphatic rings. The lowest BCUT2D eigenvalue weighted by atomic mass is 10.2. The van der Waals surface area contributed by atoms with Crippen molar-refractivity contribution in [2.24, 2.45) is 0 Å². The normalized spacial score (nSPS) is 10.7. The van der Waals surface area contributed by atoms with Crippen LogP contribution in [0.4, 0.5) is 0 Å². The maximum absolute atomic E-state index is 10.8. The molecule has 4 heteroatoms. The fourth-order valence-corrected chi connectivity index (χ4v) is 2.23. The number of aromatic nitrogens is 1. The topological polar surface area (TPSA) is 53.1 Å². The van der Waals surface area contributed by atoms with Crippen LogP contribution in [0.15, 0.2) is 18.2 Å². The lowest BCUT2D eigenvalue weighted by Gasteiger charge is -1.92. The lowest BCUT2D eigenvalue weighted by molar-refractivity contribution is 0.0690. The Bertz CT molecular complexity index is 516. The van der Waals surface area contributed by atoms with Gasteiger partial charge in [-0.05, 0) is 41.6 Å². The molecular formula is C10H8INO2. The molecule has 0 atom stereocenters. The van der Waals surface area contributed by atoms with Crippen molar-refractivity contribution in [1.82, 2.24) is 4.98 Å². The van der Waals surface area contributed by atoms with Gasteiger partial charge < -0.3 is 10.1 Å². The number of nitrogens with one attached hydrogen (secondary N) is 1. The Morgan fingerprint density at radius 2 is 2.21 bits per heavy atom. The van der Waals surface area contributed by atoms with Gasteiger partial charge in [0, 0.05) is 10.9 Å². The van der Waals surface area contributed by atoms with E-state index in [4.69, 9.17) is 5.11 Å². The van der Waals surface area contributed by atoms with Gasteiger partial charge in [0.05, 0.1) is 3.57 Å². The zero-order valence-electron chi connectivity index (χ0n) is 7.47. The molecule has 0 saturated heterocycles. The molecule has 0 saturated carbocycles. The van der Waals surface area contributed by atoms with Gasteiger partial charge in [-0.1, -0.05) is 11.6 Å². The first kappa shape index (κ1) is 9.51. The Balaban J connectivity index is 2.80. The van der Waals surface area contributed by atoms with Crippen molar-refractivity contribution in [3.63, 3.8) is 0 Å². The third kappa shape index (κ3) is 1.39. The highest BCUT2D eigenvalue weighted by molar-refractivity contribution is 14.1. The molecule has 1 heterocycles. The maximum Gasteiger partial charge on any atom is 0.353 e. The summed E-state index contributed by atoms with van der Waals surface area (Å²) in [5.74, 6) is -0.914. The molecule has 0 radical (unpaired) electrons. The van der Waals surface area contributed by atoms with Crippen molar-refractivity contribution in [3.05, 3.63) is 33.0 Å². The molecule has 2 N–H and O–H groups in total. The quantitative estimate of drug-likeness (QED) is 0.796. The fourth-order valence-electron chi connectivity index (χ4n) is 1.42. The number of H-pyrrole nitrogens is 1. The molecule has 0 unspecified atom stereocenters. The van der Waals surface area contributed by atoms with Gasteiger partial charge in [-0.15, -0.1) is 0 Å². The Labute approximate surface area is 94.3 Å². The van der Waals surface area contributed by atoms with Crippen molar-refractivity contribution in [2.45, 2.75) is 6.92 Å². The van der Waals surface area contributed by atoms with E-state index < -0.39 is 5.97 Å². The number of fused-ring (bicyclic) bond motifs is 1. The number of rotatable bonds is 1. The molecule has 0 spiro atoms. The summed E-state index contributed by atoms with van der Waals surface area (Å²) in [5, 5.41) is 9.87. The third-order valence-corrected chi connectivity index (χ3v) is 3.23. The minimum Gasteiger partial charge on any atom is -0.477 e. The molecule has 2 aromatic rings. The van der Waals surface area contributed by atoms with Crippen molar-refractivity contribution in [1.29, 1.82) is 0 Å². The molecule has 14 heavy (non-hydrogen) atoms. The van der Waals surface area contributed by atoms with Crippen molar-refractivity contribution in [2.75, 3.05) is 0 Å². The minimum atomic E-state index is -0.914. The van der Waals surface area contributed by atoms with Gasteiger partial charge in [-0.3, -0.25) is 0 Å². The van der Waals surface area contributed by atoms with Crippen LogP contribution in [-0.4, -0.2) is 16.1 Å². The number of aromatic carboxylic acids is 1. The summed E-state index contributed by atoms with van der Waals surface area (Å²) in [7, 11) is 0.